The van der Waals surface area contributed by atoms with Crippen molar-refractivity contribution >= 4 is 15.9 Å². The van der Waals surface area contributed by atoms with Crippen LogP contribution in [0.1, 0.15) is 50.1 Å². The highest BCUT2D eigenvalue weighted by Crippen LogP contribution is 2.34. The molecule has 1 aliphatic rings. The minimum atomic E-state index is -0.226. The van der Waals surface area contributed by atoms with Gasteiger partial charge < -0.3 is 0 Å². The highest BCUT2D eigenvalue weighted by molar-refractivity contribution is 9.10. The van der Waals surface area contributed by atoms with Crippen LogP contribution in [-0.4, -0.2) is 0 Å². The van der Waals surface area contributed by atoms with Crippen LogP contribution in [0.4, 0.5) is 4.39 Å². The third-order valence-corrected chi connectivity index (χ3v) is 4.46. The summed E-state index contributed by atoms with van der Waals surface area (Å²) in [5.41, 5.74) is 3.99. The number of halogens is 2. The zero-order valence-electron chi connectivity index (χ0n) is 10.5. The van der Waals surface area contributed by atoms with Gasteiger partial charge in [0, 0.05) is 6.04 Å². The molecule has 0 radical (unpaired) electrons. The number of rotatable bonds is 3. The van der Waals surface area contributed by atoms with Gasteiger partial charge in [-0.05, 0) is 52.4 Å². The van der Waals surface area contributed by atoms with Gasteiger partial charge in [0.25, 0.3) is 0 Å². The average molecular weight is 315 g/mol. The minimum absolute atomic E-state index is 0.125. The Hall–Kier alpha value is -0.450. The molecule has 1 fully saturated rings. The zero-order valence-corrected chi connectivity index (χ0v) is 12.0. The van der Waals surface area contributed by atoms with Crippen molar-refractivity contribution in [2.45, 2.75) is 44.6 Å². The van der Waals surface area contributed by atoms with E-state index in [0.717, 1.165) is 5.56 Å². The fraction of sp³-hybridized carbons (Fsp3) is 0.571. The van der Waals surface area contributed by atoms with Crippen molar-refractivity contribution in [3.63, 3.8) is 0 Å². The van der Waals surface area contributed by atoms with Crippen molar-refractivity contribution in [3.05, 3.63) is 34.1 Å². The van der Waals surface area contributed by atoms with Gasteiger partial charge in [0.1, 0.15) is 5.82 Å². The molecule has 4 heteroatoms. The summed E-state index contributed by atoms with van der Waals surface area (Å²) in [6.07, 6.45) is 7.58. The molecule has 1 unspecified atom stereocenters. The molecule has 3 N–H and O–H groups in total. The van der Waals surface area contributed by atoms with Gasteiger partial charge in [-0.2, -0.15) is 0 Å². The summed E-state index contributed by atoms with van der Waals surface area (Å²) in [7, 11) is 0. The lowest BCUT2D eigenvalue weighted by molar-refractivity contribution is 0.328. The maximum Gasteiger partial charge on any atom is 0.137 e. The number of nitrogens with two attached hydrogens (primary N) is 1. The Balaban J connectivity index is 2.17. The quantitative estimate of drug-likeness (QED) is 0.501. The van der Waals surface area contributed by atoms with E-state index in [4.69, 9.17) is 5.84 Å². The molecule has 2 rings (SSSR count). The van der Waals surface area contributed by atoms with Crippen LogP contribution in [0.3, 0.4) is 0 Å². The molecular weight excluding hydrogens is 295 g/mol. The van der Waals surface area contributed by atoms with E-state index in [2.05, 4.69) is 21.4 Å². The molecule has 1 aliphatic carbocycles. The molecule has 100 valence electrons. The van der Waals surface area contributed by atoms with E-state index >= 15 is 0 Å². The van der Waals surface area contributed by atoms with Gasteiger partial charge in [0.2, 0.25) is 0 Å². The second-order valence-electron chi connectivity index (χ2n) is 5.07. The molecule has 1 aromatic carbocycles. The SMILES string of the molecule is NNC(c1ccc(F)c(Br)c1)C1CCCCCC1. The highest BCUT2D eigenvalue weighted by atomic mass is 79.9. The van der Waals surface area contributed by atoms with Gasteiger partial charge in [0.05, 0.1) is 4.47 Å². The predicted octanol–water partition coefficient (Wildman–Crippen LogP) is 4.06. The lowest BCUT2D eigenvalue weighted by atomic mass is 9.87. The minimum Gasteiger partial charge on any atom is -0.271 e. The first-order valence-electron chi connectivity index (χ1n) is 6.63. The van der Waals surface area contributed by atoms with E-state index in [-0.39, 0.29) is 11.9 Å². The van der Waals surface area contributed by atoms with Crippen LogP contribution >= 0.6 is 15.9 Å². The van der Waals surface area contributed by atoms with E-state index in [1.54, 1.807) is 0 Å². The molecule has 1 aromatic rings. The molecule has 1 saturated carbocycles. The molecule has 0 heterocycles. The predicted molar refractivity (Wildman–Crippen MR) is 75.4 cm³/mol. The Labute approximate surface area is 116 Å². The molecular formula is C14H20BrFN2. The van der Waals surface area contributed by atoms with Crippen molar-refractivity contribution in [2.24, 2.45) is 11.8 Å². The lowest BCUT2D eigenvalue weighted by Gasteiger charge is -2.26. The van der Waals surface area contributed by atoms with Crippen LogP contribution in [0.2, 0.25) is 0 Å². The Morgan fingerprint density at radius 1 is 1.22 bits per heavy atom. The number of hydrogen-bond donors (Lipinski definition) is 2. The molecule has 18 heavy (non-hydrogen) atoms. The molecule has 2 nitrogen and oxygen atoms in total. The van der Waals surface area contributed by atoms with Crippen molar-refractivity contribution < 1.29 is 4.39 Å². The Bertz CT molecular complexity index is 389. The van der Waals surface area contributed by atoms with Gasteiger partial charge in [-0.3, -0.25) is 11.3 Å². The lowest BCUT2D eigenvalue weighted by Crippen LogP contribution is -2.33. The fourth-order valence-electron chi connectivity index (χ4n) is 2.85. The Morgan fingerprint density at radius 3 is 2.44 bits per heavy atom. The van der Waals surface area contributed by atoms with Crippen molar-refractivity contribution in [2.75, 3.05) is 0 Å². The van der Waals surface area contributed by atoms with Gasteiger partial charge in [-0.15, -0.1) is 0 Å². The Kier molecular flexibility index (Phi) is 5.15. The molecule has 0 spiro atoms. The van der Waals surface area contributed by atoms with Crippen LogP contribution in [0.15, 0.2) is 22.7 Å². The fourth-order valence-corrected chi connectivity index (χ4v) is 3.25. The molecule has 0 amide bonds. The van der Waals surface area contributed by atoms with E-state index in [9.17, 15) is 4.39 Å². The normalized spacial score (nSPS) is 19.5. The Morgan fingerprint density at radius 2 is 1.89 bits per heavy atom. The first-order valence-corrected chi connectivity index (χ1v) is 7.42. The summed E-state index contributed by atoms with van der Waals surface area (Å²) in [6.45, 7) is 0. The first kappa shape index (κ1) is 14.0. The maximum absolute atomic E-state index is 13.3. The van der Waals surface area contributed by atoms with Crippen LogP contribution in [-0.2, 0) is 0 Å². The monoisotopic (exact) mass is 314 g/mol. The van der Waals surface area contributed by atoms with Gasteiger partial charge in [-0.25, -0.2) is 4.39 Å². The second kappa shape index (κ2) is 6.64. The van der Waals surface area contributed by atoms with Gasteiger partial charge in [0.15, 0.2) is 0 Å². The molecule has 1 atom stereocenters. The van der Waals surface area contributed by atoms with Crippen LogP contribution in [0.25, 0.3) is 0 Å². The van der Waals surface area contributed by atoms with Crippen molar-refractivity contribution in [1.29, 1.82) is 0 Å². The summed E-state index contributed by atoms with van der Waals surface area (Å²) in [4.78, 5) is 0. The van der Waals surface area contributed by atoms with Gasteiger partial charge >= 0.3 is 0 Å². The van der Waals surface area contributed by atoms with Crippen molar-refractivity contribution in [3.8, 4) is 0 Å². The van der Waals surface area contributed by atoms with E-state index < -0.39 is 0 Å². The highest BCUT2D eigenvalue weighted by Gasteiger charge is 2.23. The molecule has 0 saturated heterocycles. The third kappa shape index (κ3) is 3.31. The molecule has 0 aromatic heterocycles. The summed E-state index contributed by atoms with van der Waals surface area (Å²) in [5.74, 6) is 6.04. The number of hydrogen-bond acceptors (Lipinski definition) is 2. The van der Waals surface area contributed by atoms with E-state index in [1.807, 2.05) is 12.1 Å². The first-order chi connectivity index (χ1) is 8.72. The number of hydrazine groups is 1. The summed E-state index contributed by atoms with van der Waals surface area (Å²) in [5, 5.41) is 0. The van der Waals surface area contributed by atoms with Crippen LogP contribution < -0.4 is 11.3 Å². The largest absolute Gasteiger partial charge is 0.271 e. The maximum atomic E-state index is 13.3. The van der Waals surface area contributed by atoms with Crippen LogP contribution in [0.5, 0.6) is 0 Å². The zero-order chi connectivity index (χ0) is 13.0. The number of nitrogens with one attached hydrogen (secondary N) is 1. The van der Waals surface area contributed by atoms with E-state index in [0.29, 0.717) is 10.4 Å². The molecule has 0 bridgehead atoms. The third-order valence-electron chi connectivity index (χ3n) is 3.85. The molecule has 0 aliphatic heterocycles. The van der Waals surface area contributed by atoms with E-state index in [1.165, 1.54) is 44.6 Å². The standard InChI is InChI=1S/C14H20BrFN2/c15-12-9-11(7-8-13(12)16)14(18-17)10-5-3-1-2-4-6-10/h7-10,14,18H,1-6,17H2. The van der Waals surface area contributed by atoms with Gasteiger partial charge in [-0.1, -0.05) is 31.7 Å². The summed E-state index contributed by atoms with van der Waals surface area (Å²) < 4.78 is 13.8. The second-order valence-corrected chi connectivity index (χ2v) is 5.92. The summed E-state index contributed by atoms with van der Waals surface area (Å²) >= 11 is 3.24. The van der Waals surface area contributed by atoms with Crippen molar-refractivity contribution in [1.82, 2.24) is 5.43 Å². The number of benzene rings is 1. The van der Waals surface area contributed by atoms with Crippen LogP contribution in [0, 0.1) is 11.7 Å². The average Bonchev–Trinajstić information content (AvgIpc) is 2.64. The summed E-state index contributed by atoms with van der Waals surface area (Å²) in [6, 6.07) is 5.29. The topological polar surface area (TPSA) is 38.0 Å². The smallest absolute Gasteiger partial charge is 0.137 e.